The maximum Gasteiger partial charge on any atom is 0.337 e. The minimum absolute atomic E-state index is 0.0882. The fraction of sp³-hybridized carbons (Fsp3) is 0.300. The van der Waals surface area contributed by atoms with Gasteiger partial charge in [0.05, 0.1) is 24.3 Å². The highest BCUT2D eigenvalue weighted by atomic mass is 35.5. The van der Waals surface area contributed by atoms with Gasteiger partial charge in [-0.2, -0.15) is 0 Å². The minimum atomic E-state index is -0.453. The van der Waals surface area contributed by atoms with Crippen molar-refractivity contribution in [2.45, 2.75) is 0 Å². The predicted molar refractivity (Wildman–Crippen MR) is 55.4 cm³/mol. The summed E-state index contributed by atoms with van der Waals surface area (Å²) < 4.78 is 9.65. The van der Waals surface area contributed by atoms with Crippen LogP contribution in [0.1, 0.15) is 10.4 Å². The molecule has 0 aromatic heterocycles. The molecule has 0 saturated carbocycles. The van der Waals surface area contributed by atoms with Crippen LogP contribution in [0.2, 0.25) is 5.02 Å². The van der Waals surface area contributed by atoms with Crippen LogP contribution in [0.15, 0.2) is 18.2 Å². The minimum Gasteiger partial charge on any atom is -0.490 e. The van der Waals surface area contributed by atoms with Crippen LogP contribution in [0.4, 0.5) is 0 Å². The van der Waals surface area contributed by atoms with E-state index in [-0.39, 0.29) is 13.2 Å². The third-order valence-electron chi connectivity index (χ3n) is 1.70. The number of hydrogen-bond acceptors (Lipinski definition) is 4. The molecule has 0 atom stereocenters. The first-order chi connectivity index (χ1) is 7.19. The van der Waals surface area contributed by atoms with E-state index < -0.39 is 5.97 Å². The van der Waals surface area contributed by atoms with Crippen molar-refractivity contribution in [3.63, 3.8) is 0 Å². The number of halogens is 1. The first-order valence-electron chi connectivity index (χ1n) is 4.30. The summed E-state index contributed by atoms with van der Waals surface area (Å²) in [5.74, 6) is -0.0241. The third kappa shape index (κ3) is 3.11. The average Bonchev–Trinajstić information content (AvgIpc) is 2.26. The van der Waals surface area contributed by atoms with Crippen LogP contribution in [0, 0.1) is 0 Å². The van der Waals surface area contributed by atoms with Gasteiger partial charge in [0.25, 0.3) is 0 Å². The second-order valence-corrected chi connectivity index (χ2v) is 3.12. The monoisotopic (exact) mass is 230 g/mol. The zero-order chi connectivity index (χ0) is 11.3. The highest BCUT2D eigenvalue weighted by molar-refractivity contribution is 6.32. The fourth-order valence-electron chi connectivity index (χ4n) is 1.02. The Kier molecular flexibility index (Phi) is 4.39. The molecule has 1 rings (SSSR count). The van der Waals surface area contributed by atoms with Crippen molar-refractivity contribution in [3.8, 4) is 5.75 Å². The van der Waals surface area contributed by atoms with Gasteiger partial charge in [-0.1, -0.05) is 11.6 Å². The molecule has 0 aliphatic rings. The lowest BCUT2D eigenvalue weighted by molar-refractivity contribution is 0.0600. The van der Waals surface area contributed by atoms with Gasteiger partial charge in [-0.15, -0.1) is 0 Å². The number of hydrogen-bond donors (Lipinski definition) is 1. The van der Waals surface area contributed by atoms with Gasteiger partial charge < -0.3 is 14.6 Å². The predicted octanol–water partition coefficient (Wildman–Crippen LogP) is 1.50. The van der Waals surface area contributed by atoms with Crippen molar-refractivity contribution < 1.29 is 19.4 Å². The van der Waals surface area contributed by atoms with Crippen LogP contribution in [0.5, 0.6) is 5.75 Å². The molecule has 15 heavy (non-hydrogen) atoms. The molecule has 0 bridgehead atoms. The molecule has 82 valence electrons. The van der Waals surface area contributed by atoms with Gasteiger partial charge in [0.1, 0.15) is 12.4 Å². The Balaban J connectivity index is 2.83. The van der Waals surface area contributed by atoms with Gasteiger partial charge in [-0.3, -0.25) is 0 Å². The lowest BCUT2D eigenvalue weighted by Gasteiger charge is -2.07. The standard InChI is InChI=1S/C10H11ClO4/c1-14-10(13)7-2-3-9(8(11)6-7)15-5-4-12/h2-3,6,12H,4-5H2,1H3. The van der Waals surface area contributed by atoms with E-state index in [2.05, 4.69) is 4.74 Å². The topological polar surface area (TPSA) is 55.8 Å². The molecule has 1 aromatic carbocycles. The van der Waals surface area contributed by atoms with E-state index in [1.807, 2.05) is 0 Å². The van der Waals surface area contributed by atoms with Crippen LogP contribution in [-0.2, 0) is 4.74 Å². The number of ether oxygens (including phenoxy) is 2. The van der Waals surface area contributed by atoms with Crippen molar-refractivity contribution in [3.05, 3.63) is 28.8 Å². The van der Waals surface area contributed by atoms with E-state index in [1.54, 1.807) is 12.1 Å². The average molecular weight is 231 g/mol. The van der Waals surface area contributed by atoms with Crippen molar-refractivity contribution >= 4 is 17.6 Å². The quantitative estimate of drug-likeness (QED) is 0.797. The van der Waals surface area contributed by atoms with Crippen molar-refractivity contribution in [1.29, 1.82) is 0 Å². The number of carbonyl (C=O) groups excluding carboxylic acids is 1. The van der Waals surface area contributed by atoms with Gasteiger partial charge in [0.2, 0.25) is 0 Å². The fourth-order valence-corrected chi connectivity index (χ4v) is 1.25. The lowest BCUT2D eigenvalue weighted by atomic mass is 10.2. The highest BCUT2D eigenvalue weighted by Gasteiger charge is 2.08. The number of aliphatic hydroxyl groups excluding tert-OH is 1. The first kappa shape index (κ1) is 11.8. The number of aliphatic hydroxyl groups is 1. The summed E-state index contributed by atoms with van der Waals surface area (Å²) in [5.41, 5.74) is 0.360. The normalized spacial score (nSPS) is 9.80. The summed E-state index contributed by atoms with van der Waals surface area (Å²) in [6, 6.07) is 4.56. The van der Waals surface area contributed by atoms with Crippen LogP contribution in [-0.4, -0.2) is 31.4 Å². The molecule has 0 heterocycles. The summed E-state index contributed by atoms with van der Waals surface area (Å²) in [6.45, 7) is 0.0758. The van der Waals surface area contributed by atoms with E-state index >= 15 is 0 Å². The number of esters is 1. The van der Waals surface area contributed by atoms with Crippen LogP contribution in [0.25, 0.3) is 0 Å². The van der Waals surface area contributed by atoms with Gasteiger partial charge in [-0.25, -0.2) is 4.79 Å². The second-order valence-electron chi connectivity index (χ2n) is 2.71. The zero-order valence-corrected chi connectivity index (χ0v) is 8.95. The van der Waals surface area contributed by atoms with Gasteiger partial charge in [0, 0.05) is 0 Å². The molecule has 4 nitrogen and oxygen atoms in total. The van der Waals surface area contributed by atoms with E-state index in [9.17, 15) is 4.79 Å². The van der Waals surface area contributed by atoms with E-state index in [0.29, 0.717) is 16.3 Å². The molecule has 1 aromatic rings. The summed E-state index contributed by atoms with van der Waals surface area (Å²) in [6.07, 6.45) is 0. The molecule has 0 saturated heterocycles. The molecule has 0 fully saturated rings. The molecule has 0 spiro atoms. The number of rotatable bonds is 4. The molecular weight excluding hydrogens is 220 g/mol. The third-order valence-corrected chi connectivity index (χ3v) is 2.00. The number of benzene rings is 1. The zero-order valence-electron chi connectivity index (χ0n) is 8.20. The molecule has 0 radical (unpaired) electrons. The Hall–Kier alpha value is -1.26. The van der Waals surface area contributed by atoms with Crippen molar-refractivity contribution in [2.75, 3.05) is 20.3 Å². The van der Waals surface area contributed by atoms with E-state index in [4.69, 9.17) is 21.4 Å². The van der Waals surface area contributed by atoms with Gasteiger partial charge in [0.15, 0.2) is 0 Å². The van der Waals surface area contributed by atoms with E-state index in [0.717, 1.165) is 0 Å². The first-order valence-corrected chi connectivity index (χ1v) is 4.68. The van der Waals surface area contributed by atoms with Crippen molar-refractivity contribution in [1.82, 2.24) is 0 Å². The smallest absolute Gasteiger partial charge is 0.337 e. The largest absolute Gasteiger partial charge is 0.490 e. The Labute approximate surface area is 92.4 Å². The van der Waals surface area contributed by atoms with Crippen LogP contribution >= 0.6 is 11.6 Å². The Morgan fingerprint density at radius 2 is 2.27 bits per heavy atom. The second kappa shape index (κ2) is 5.58. The molecule has 0 unspecified atom stereocenters. The van der Waals surface area contributed by atoms with Gasteiger partial charge >= 0.3 is 5.97 Å². The Morgan fingerprint density at radius 3 is 2.80 bits per heavy atom. The highest BCUT2D eigenvalue weighted by Crippen LogP contribution is 2.25. The molecule has 1 N–H and O–H groups in total. The number of carbonyl (C=O) groups is 1. The maximum absolute atomic E-state index is 11.1. The Bertz CT molecular complexity index is 351. The Morgan fingerprint density at radius 1 is 1.53 bits per heavy atom. The molecular formula is C10H11ClO4. The summed E-state index contributed by atoms with van der Waals surface area (Å²) in [5, 5.41) is 8.87. The van der Waals surface area contributed by atoms with Crippen LogP contribution in [0.3, 0.4) is 0 Å². The summed E-state index contributed by atoms with van der Waals surface area (Å²) in [4.78, 5) is 11.1. The molecule has 0 aliphatic heterocycles. The maximum atomic E-state index is 11.1. The SMILES string of the molecule is COC(=O)c1ccc(OCCO)c(Cl)c1. The van der Waals surface area contributed by atoms with Crippen LogP contribution < -0.4 is 4.74 Å². The lowest BCUT2D eigenvalue weighted by Crippen LogP contribution is -2.04. The summed E-state index contributed by atoms with van der Waals surface area (Å²) >= 11 is 5.85. The molecule has 5 heteroatoms. The van der Waals surface area contributed by atoms with E-state index in [1.165, 1.54) is 13.2 Å². The summed E-state index contributed by atoms with van der Waals surface area (Å²) in [7, 11) is 1.30. The van der Waals surface area contributed by atoms with Gasteiger partial charge in [-0.05, 0) is 18.2 Å². The number of methoxy groups -OCH3 is 1. The van der Waals surface area contributed by atoms with Crippen molar-refractivity contribution in [2.24, 2.45) is 0 Å². The molecule has 0 amide bonds. The molecule has 0 aliphatic carbocycles.